The Hall–Kier alpha value is 0.853. The zero-order valence-electron chi connectivity index (χ0n) is 2.17. The average Bonchev–Trinajstić information content (AvgIpc) is 0.811. The summed E-state index contributed by atoms with van der Waals surface area (Å²) in [5, 5.41) is 0. The minimum Gasteiger partial charge on any atom is -0.854 e. The topological polar surface area (TPSA) is 69.2 Å². The maximum Gasteiger partial charge on any atom is 0 e. The standard InChI is InChI=1S/Ge.O3P/c;1-4(2)3/q;-3. The van der Waals surface area contributed by atoms with Crippen LogP contribution in [0.5, 0.6) is 0 Å². The van der Waals surface area contributed by atoms with Gasteiger partial charge in [-0.05, 0) is 0 Å². The van der Waals surface area contributed by atoms with Gasteiger partial charge in [-0.3, -0.25) is 0 Å². The molecule has 4 radical (unpaired) electrons. The molecule has 0 aromatic carbocycles. The van der Waals surface area contributed by atoms with E-state index in [2.05, 4.69) is 0 Å². The van der Waals surface area contributed by atoms with Crippen LogP contribution in [-0.2, 0) is 0 Å². The molecule has 0 rings (SSSR count). The van der Waals surface area contributed by atoms with Crippen LogP contribution in [-0.4, -0.2) is 17.6 Å². The molecule has 0 aliphatic rings. The Balaban J connectivity index is 0. The van der Waals surface area contributed by atoms with Gasteiger partial charge in [0.15, 0.2) is 0 Å². The van der Waals surface area contributed by atoms with Crippen LogP contribution in [0.15, 0.2) is 0 Å². The molecule has 3 nitrogen and oxygen atoms in total. The Morgan fingerprint density at radius 2 is 1.00 bits per heavy atom. The molecule has 0 unspecified atom stereocenters. The van der Waals surface area contributed by atoms with E-state index in [9.17, 15) is 0 Å². The van der Waals surface area contributed by atoms with E-state index in [0.29, 0.717) is 0 Å². The zero-order valence-corrected chi connectivity index (χ0v) is 5.16. The maximum absolute atomic E-state index is 8.48. The molecule has 0 fully saturated rings. The second kappa shape index (κ2) is 4.85. The molecule has 0 amide bonds. The SMILES string of the molecule is [Ge].[O-]P([O-])[O-]. The molecule has 0 bridgehead atoms. The maximum atomic E-state index is 8.48. The summed E-state index contributed by atoms with van der Waals surface area (Å²) in [5.74, 6) is 0. The molecule has 0 atom stereocenters. The van der Waals surface area contributed by atoms with E-state index in [1.807, 2.05) is 0 Å². The van der Waals surface area contributed by atoms with E-state index in [4.69, 9.17) is 14.7 Å². The van der Waals surface area contributed by atoms with Gasteiger partial charge in [0.2, 0.25) is 0 Å². The summed E-state index contributed by atoms with van der Waals surface area (Å²) in [6.07, 6.45) is 0. The molecule has 0 spiro atoms. The number of hydrogen-bond acceptors (Lipinski definition) is 3. The largest absolute Gasteiger partial charge is 0.854 e. The summed E-state index contributed by atoms with van der Waals surface area (Å²) in [5.41, 5.74) is 0. The van der Waals surface area contributed by atoms with Crippen LogP contribution in [0.2, 0.25) is 0 Å². The van der Waals surface area contributed by atoms with Crippen molar-refractivity contribution in [3.63, 3.8) is 0 Å². The third kappa shape index (κ3) is 54.3. The molecule has 5 heavy (non-hydrogen) atoms. The van der Waals surface area contributed by atoms with Crippen LogP contribution in [0, 0.1) is 0 Å². The summed E-state index contributed by atoms with van der Waals surface area (Å²) in [4.78, 5) is 25.4. The molecule has 0 aliphatic heterocycles. The fraction of sp³-hybridized carbons (Fsp3) is 0. The van der Waals surface area contributed by atoms with Crippen molar-refractivity contribution < 1.29 is 14.7 Å². The molecule has 0 heterocycles. The number of hydrogen-bond donors (Lipinski definition) is 0. The second-order valence-corrected chi connectivity index (χ2v) is 0.671. The molecule has 0 aromatic rings. The Morgan fingerprint density at radius 1 is 1.00 bits per heavy atom. The minimum absolute atomic E-state index is 0. The van der Waals surface area contributed by atoms with Crippen LogP contribution in [0.4, 0.5) is 0 Å². The second-order valence-electron chi connectivity index (χ2n) is 0.224. The summed E-state index contributed by atoms with van der Waals surface area (Å²) < 4.78 is 0. The van der Waals surface area contributed by atoms with Gasteiger partial charge in [-0.2, -0.15) is 0 Å². The molecule has 0 saturated carbocycles. The van der Waals surface area contributed by atoms with Crippen molar-refractivity contribution >= 4 is 26.2 Å². The van der Waals surface area contributed by atoms with E-state index in [1.165, 1.54) is 0 Å². The monoisotopic (exact) mass is 153 g/mol. The Kier molecular flexibility index (Phi) is 9.01. The van der Waals surface area contributed by atoms with Gasteiger partial charge in [0.25, 0.3) is 0 Å². The van der Waals surface area contributed by atoms with Gasteiger partial charge in [-0.25, -0.2) is 0 Å². The van der Waals surface area contributed by atoms with Crippen molar-refractivity contribution in [3.8, 4) is 0 Å². The third-order valence-corrected chi connectivity index (χ3v) is 0. The van der Waals surface area contributed by atoms with E-state index < -0.39 is 8.60 Å². The molecule has 5 heteroatoms. The predicted octanol–water partition coefficient (Wildman–Crippen LogP) is -3.09. The van der Waals surface area contributed by atoms with Crippen LogP contribution in [0.3, 0.4) is 0 Å². The average molecular weight is 152 g/mol. The first-order valence-electron chi connectivity index (χ1n) is 0.548. The molecule has 30 valence electrons. The summed E-state index contributed by atoms with van der Waals surface area (Å²) >= 11 is 0. The fourth-order valence-electron chi connectivity index (χ4n) is 0. The fourth-order valence-corrected chi connectivity index (χ4v) is 0. The van der Waals surface area contributed by atoms with Crippen LogP contribution < -0.4 is 14.7 Å². The van der Waals surface area contributed by atoms with Crippen molar-refractivity contribution in [1.82, 2.24) is 0 Å². The molecular weight excluding hydrogens is 152 g/mol. The normalized spacial score (nSPS) is 7.20. The number of rotatable bonds is 0. The molecular formula is GeO3P-3. The Morgan fingerprint density at radius 3 is 1.00 bits per heavy atom. The minimum atomic E-state index is -3.37. The van der Waals surface area contributed by atoms with Gasteiger partial charge in [0.1, 0.15) is 0 Å². The van der Waals surface area contributed by atoms with Gasteiger partial charge in [-0.1, -0.05) is 0 Å². The van der Waals surface area contributed by atoms with Crippen molar-refractivity contribution in [2.45, 2.75) is 0 Å². The van der Waals surface area contributed by atoms with Crippen LogP contribution in [0.25, 0.3) is 0 Å². The van der Waals surface area contributed by atoms with Gasteiger partial charge in [0.05, 0.1) is 0 Å². The van der Waals surface area contributed by atoms with E-state index >= 15 is 0 Å². The Bertz CT molecular complexity index is 11.6. The smallest absolute Gasteiger partial charge is 0 e. The van der Waals surface area contributed by atoms with Gasteiger partial charge >= 0.3 is 0 Å². The van der Waals surface area contributed by atoms with Crippen LogP contribution in [0.1, 0.15) is 0 Å². The Labute approximate surface area is 41.6 Å². The molecule has 0 N–H and O–H groups in total. The molecule has 0 saturated heterocycles. The van der Waals surface area contributed by atoms with Crippen molar-refractivity contribution in [2.24, 2.45) is 0 Å². The van der Waals surface area contributed by atoms with Crippen molar-refractivity contribution in [3.05, 3.63) is 0 Å². The molecule has 0 aromatic heterocycles. The summed E-state index contributed by atoms with van der Waals surface area (Å²) in [6.45, 7) is 0. The first-order valence-corrected chi connectivity index (χ1v) is 1.64. The van der Waals surface area contributed by atoms with Crippen molar-refractivity contribution in [2.75, 3.05) is 0 Å². The quantitative estimate of drug-likeness (QED) is 0.272. The summed E-state index contributed by atoms with van der Waals surface area (Å²) in [6, 6.07) is 0. The zero-order chi connectivity index (χ0) is 3.58. The van der Waals surface area contributed by atoms with Gasteiger partial charge < -0.3 is 23.3 Å². The third-order valence-electron chi connectivity index (χ3n) is 0. The van der Waals surface area contributed by atoms with Gasteiger partial charge in [0, 0.05) is 17.6 Å². The molecule has 0 aliphatic carbocycles. The van der Waals surface area contributed by atoms with E-state index in [-0.39, 0.29) is 17.6 Å². The van der Waals surface area contributed by atoms with Crippen LogP contribution >= 0.6 is 8.60 Å². The van der Waals surface area contributed by atoms with E-state index in [0.717, 1.165) is 0 Å². The first-order chi connectivity index (χ1) is 1.73. The summed E-state index contributed by atoms with van der Waals surface area (Å²) in [7, 11) is -3.37. The first kappa shape index (κ1) is 9.29. The van der Waals surface area contributed by atoms with E-state index in [1.54, 1.807) is 0 Å². The predicted molar refractivity (Wildman–Crippen MR) is 12.7 cm³/mol. The van der Waals surface area contributed by atoms with Crippen molar-refractivity contribution in [1.29, 1.82) is 0 Å². The van der Waals surface area contributed by atoms with Gasteiger partial charge in [-0.15, -0.1) is 0 Å².